The van der Waals surface area contributed by atoms with E-state index in [-0.39, 0.29) is 16.8 Å². The molecule has 2 aromatic carbocycles. The molecule has 106 valence electrons. The van der Waals surface area contributed by atoms with E-state index in [0.717, 1.165) is 0 Å². The second-order valence-corrected chi connectivity index (χ2v) is 4.66. The Bertz CT molecular complexity index is 894. The molecule has 0 aliphatic heterocycles. The van der Waals surface area contributed by atoms with Gasteiger partial charge in [-0.15, -0.1) is 0 Å². The van der Waals surface area contributed by atoms with Crippen molar-refractivity contribution in [1.29, 1.82) is 0 Å². The quantitative estimate of drug-likeness (QED) is 0.748. The third kappa shape index (κ3) is 2.23. The number of rotatable bonds is 3. The zero-order valence-corrected chi connectivity index (χ0v) is 11.2. The fraction of sp³-hybridized carbons (Fsp3) is 0.125. The lowest BCUT2D eigenvalue weighted by Gasteiger charge is -2.12. The van der Waals surface area contributed by atoms with Gasteiger partial charge < -0.3 is 14.3 Å². The van der Waals surface area contributed by atoms with E-state index in [4.69, 9.17) is 14.3 Å². The van der Waals surface area contributed by atoms with Crippen LogP contribution in [0.25, 0.3) is 21.9 Å². The highest BCUT2D eigenvalue weighted by Gasteiger charge is 2.17. The summed E-state index contributed by atoms with van der Waals surface area (Å²) >= 11 is 0. The first-order chi connectivity index (χ1) is 10.1. The van der Waals surface area contributed by atoms with E-state index in [1.807, 2.05) is 0 Å². The zero-order valence-electron chi connectivity index (χ0n) is 11.2. The minimum Gasteiger partial charge on any atom is -0.479 e. The summed E-state index contributed by atoms with van der Waals surface area (Å²) in [5.41, 5.74) is 0.531. The number of hydrogen-bond acceptors (Lipinski definition) is 4. The third-order valence-corrected chi connectivity index (χ3v) is 3.22. The molecule has 1 N–H and O–H groups in total. The Morgan fingerprint density at radius 1 is 1.14 bits per heavy atom. The van der Waals surface area contributed by atoms with Crippen LogP contribution in [0.3, 0.4) is 0 Å². The minimum absolute atomic E-state index is 0.166. The molecule has 0 aliphatic carbocycles. The van der Waals surface area contributed by atoms with Crippen molar-refractivity contribution in [3.63, 3.8) is 0 Å². The van der Waals surface area contributed by atoms with Crippen LogP contribution in [0.1, 0.15) is 6.92 Å². The van der Waals surface area contributed by atoms with Gasteiger partial charge in [0.1, 0.15) is 5.58 Å². The molecule has 1 aromatic heterocycles. The fourth-order valence-corrected chi connectivity index (χ4v) is 2.13. The van der Waals surface area contributed by atoms with E-state index in [1.54, 1.807) is 42.5 Å². The molecule has 5 nitrogen and oxygen atoms in total. The van der Waals surface area contributed by atoms with Gasteiger partial charge in [0, 0.05) is 0 Å². The maximum atomic E-state index is 12.4. The molecule has 0 spiro atoms. The molecular weight excluding hydrogens is 272 g/mol. The van der Waals surface area contributed by atoms with Crippen molar-refractivity contribution in [2.24, 2.45) is 0 Å². The number of carbonyl (C=O) groups is 1. The van der Waals surface area contributed by atoms with E-state index in [1.165, 1.54) is 6.92 Å². The molecule has 1 atom stereocenters. The van der Waals surface area contributed by atoms with Crippen molar-refractivity contribution < 1.29 is 19.1 Å². The van der Waals surface area contributed by atoms with Crippen molar-refractivity contribution in [2.45, 2.75) is 13.0 Å². The Morgan fingerprint density at radius 3 is 2.62 bits per heavy atom. The number of aliphatic carboxylic acids is 1. The van der Waals surface area contributed by atoms with Gasteiger partial charge >= 0.3 is 5.97 Å². The van der Waals surface area contributed by atoms with E-state index >= 15 is 0 Å². The van der Waals surface area contributed by atoms with Crippen LogP contribution in [0.2, 0.25) is 0 Å². The van der Waals surface area contributed by atoms with E-state index in [0.29, 0.717) is 16.4 Å². The summed E-state index contributed by atoms with van der Waals surface area (Å²) < 4.78 is 11.1. The van der Waals surface area contributed by atoms with Crippen molar-refractivity contribution in [3.8, 4) is 5.75 Å². The number of carboxylic acids is 1. The first kappa shape index (κ1) is 13.2. The number of fused-ring (bicyclic) bond motifs is 2. The lowest BCUT2D eigenvalue weighted by Crippen LogP contribution is -2.23. The first-order valence-corrected chi connectivity index (χ1v) is 6.42. The highest BCUT2D eigenvalue weighted by Crippen LogP contribution is 2.27. The minimum atomic E-state index is -1.09. The predicted octanol–water partition coefficient (Wildman–Crippen LogP) is 2.80. The molecule has 3 aromatic rings. The smallest absolute Gasteiger partial charge is 0.344 e. The average molecular weight is 284 g/mol. The number of benzene rings is 2. The molecule has 5 heteroatoms. The SMILES string of the molecule is C[C@@H](Oc1cccc2c(=O)c3ccccc3oc12)C(=O)O. The molecule has 1 heterocycles. The summed E-state index contributed by atoms with van der Waals surface area (Å²) in [7, 11) is 0. The molecule has 3 rings (SSSR count). The third-order valence-electron chi connectivity index (χ3n) is 3.22. The first-order valence-electron chi connectivity index (χ1n) is 6.42. The Labute approximate surface area is 119 Å². The lowest BCUT2D eigenvalue weighted by atomic mass is 10.1. The van der Waals surface area contributed by atoms with Crippen LogP contribution in [0.15, 0.2) is 51.7 Å². The van der Waals surface area contributed by atoms with Crippen molar-refractivity contribution in [3.05, 3.63) is 52.7 Å². The molecule has 0 radical (unpaired) electrons. The van der Waals surface area contributed by atoms with Gasteiger partial charge in [-0.05, 0) is 31.2 Å². The fourth-order valence-electron chi connectivity index (χ4n) is 2.13. The molecule has 0 fully saturated rings. The van der Waals surface area contributed by atoms with Crippen LogP contribution in [-0.4, -0.2) is 17.2 Å². The molecule has 0 bridgehead atoms. The van der Waals surface area contributed by atoms with Gasteiger partial charge in [-0.25, -0.2) is 4.79 Å². The Balaban J connectivity index is 2.28. The van der Waals surface area contributed by atoms with Gasteiger partial charge in [0.15, 0.2) is 17.4 Å². The van der Waals surface area contributed by atoms with E-state index in [2.05, 4.69) is 0 Å². The van der Waals surface area contributed by atoms with Gasteiger partial charge in [0.05, 0.1) is 10.8 Å². The average Bonchev–Trinajstić information content (AvgIpc) is 2.48. The van der Waals surface area contributed by atoms with Gasteiger partial charge in [-0.1, -0.05) is 18.2 Å². The van der Waals surface area contributed by atoms with Crippen LogP contribution < -0.4 is 10.2 Å². The summed E-state index contributed by atoms with van der Waals surface area (Å²) in [5.74, 6) is -0.847. The Hall–Kier alpha value is -2.82. The second-order valence-electron chi connectivity index (χ2n) is 4.66. The number of carboxylic acid groups (broad SMARTS) is 1. The van der Waals surface area contributed by atoms with Crippen molar-refractivity contribution >= 4 is 27.9 Å². The normalized spacial score (nSPS) is 12.4. The molecular formula is C16H12O5. The highest BCUT2D eigenvalue weighted by molar-refractivity contribution is 5.92. The molecule has 0 aliphatic rings. The molecule has 0 saturated carbocycles. The van der Waals surface area contributed by atoms with Crippen LogP contribution >= 0.6 is 0 Å². The van der Waals surface area contributed by atoms with Crippen LogP contribution in [-0.2, 0) is 4.79 Å². The Kier molecular flexibility index (Phi) is 3.10. The number of ether oxygens (including phenoxy) is 1. The van der Waals surface area contributed by atoms with Gasteiger partial charge in [0.2, 0.25) is 5.43 Å². The van der Waals surface area contributed by atoms with Crippen LogP contribution in [0, 0.1) is 0 Å². The highest BCUT2D eigenvalue weighted by atomic mass is 16.5. The maximum Gasteiger partial charge on any atom is 0.344 e. The predicted molar refractivity (Wildman–Crippen MR) is 77.7 cm³/mol. The van der Waals surface area contributed by atoms with E-state index in [9.17, 15) is 9.59 Å². The second kappa shape index (κ2) is 4.94. The summed E-state index contributed by atoms with van der Waals surface area (Å²) in [6, 6.07) is 11.8. The van der Waals surface area contributed by atoms with Gasteiger partial charge in [0.25, 0.3) is 0 Å². The summed E-state index contributed by atoms with van der Waals surface area (Å²) in [4.78, 5) is 23.3. The largest absolute Gasteiger partial charge is 0.479 e. The molecule has 21 heavy (non-hydrogen) atoms. The summed E-state index contributed by atoms with van der Waals surface area (Å²) in [6.45, 7) is 1.42. The van der Waals surface area contributed by atoms with Crippen LogP contribution in [0.5, 0.6) is 5.75 Å². The van der Waals surface area contributed by atoms with Crippen molar-refractivity contribution in [1.82, 2.24) is 0 Å². The topological polar surface area (TPSA) is 76.7 Å². The molecule has 0 amide bonds. The lowest BCUT2D eigenvalue weighted by molar-refractivity contribution is -0.144. The van der Waals surface area contributed by atoms with E-state index < -0.39 is 12.1 Å². The summed E-state index contributed by atoms with van der Waals surface area (Å²) in [6.07, 6.45) is -1.03. The molecule has 0 unspecified atom stereocenters. The molecule has 0 saturated heterocycles. The standard InChI is InChI=1S/C16H12O5/c1-9(16(18)19)20-13-8-4-6-11-14(17)10-5-2-3-7-12(10)21-15(11)13/h2-9H,1H3,(H,18,19)/t9-/m1/s1. The van der Waals surface area contributed by atoms with Crippen LogP contribution in [0.4, 0.5) is 0 Å². The Morgan fingerprint density at radius 2 is 1.86 bits per heavy atom. The zero-order chi connectivity index (χ0) is 15.0. The van der Waals surface area contributed by atoms with Gasteiger partial charge in [-0.2, -0.15) is 0 Å². The monoisotopic (exact) mass is 284 g/mol. The summed E-state index contributed by atoms with van der Waals surface area (Å²) in [5, 5.41) is 9.77. The number of hydrogen-bond donors (Lipinski definition) is 1. The van der Waals surface area contributed by atoms with Crippen molar-refractivity contribution in [2.75, 3.05) is 0 Å². The number of para-hydroxylation sites is 2. The maximum absolute atomic E-state index is 12.4. The van der Waals surface area contributed by atoms with Gasteiger partial charge in [-0.3, -0.25) is 4.79 Å².